The second-order valence-corrected chi connectivity index (χ2v) is 4.91. The van der Waals surface area contributed by atoms with Crippen LogP contribution in [0.3, 0.4) is 0 Å². The summed E-state index contributed by atoms with van der Waals surface area (Å²) < 4.78 is 0. The zero-order chi connectivity index (χ0) is 15.4. The number of Topliss-reactive ketones (excluding diaryl/α,β-unsaturated/α-hetero) is 1. The first-order valence-electron chi connectivity index (χ1n) is 7.25. The topological polar surface area (TPSA) is 101 Å². The maximum atomic E-state index is 11.6. The molecule has 0 aliphatic heterocycles. The quantitative estimate of drug-likeness (QED) is 0.477. The molecule has 0 aromatic heterocycles. The van der Waals surface area contributed by atoms with Crippen LogP contribution in [-0.2, 0) is 14.4 Å². The first kappa shape index (κ1) is 18.6. The van der Waals surface area contributed by atoms with E-state index in [0.29, 0.717) is 6.54 Å². The Morgan fingerprint density at radius 2 is 1.80 bits per heavy atom. The van der Waals surface area contributed by atoms with E-state index in [0.717, 1.165) is 25.7 Å². The van der Waals surface area contributed by atoms with E-state index in [-0.39, 0.29) is 43.0 Å². The lowest BCUT2D eigenvalue weighted by atomic mass is 9.97. The number of unbranched alkanes of at least 4 members (excludes halogenated alkanes) is 2. The Morgan fingerprint density at radius 3 is 2.35 bits per heavy atom. The Hall–Kier alpha value is -1.43. The highest BCUT2D eigenvalue weighted by Crippen LogP contribution is 2.10. The SMILES string of the molecule is CCCCCC(CNC(=O)CCNC(=O)CN)C(C)=O. The van der Waals surface area contributed by atoms with Crippen LogP contribution in [0.1, 0.15) is 46.0 Å². The Bertz CT molecular complexity index is 319. The summed E-state index contributed by atoms with van der Waals surface area (Å²) in [5.41, 5.74) is 5.13. The molecule has 0 fully saturated rings. The molecule has 0 bridgehead atoms. The van der Waals surface area contributed by atoms with Crippen molar-refractivity contribution in [2.24, 2.45) is 11.7 Å². The third-order valence-electron chi connectivity index (χ3n) is 3.14. The third-order valence-corrected chi connectivity index (χ3v) is 3.14. The van der Waals surface area contributed by atoms with E-state index >= 15 is 0 Å². The van der Waals surface area contributed by atoms with Gasteiger partial charge < -0.3 is 16.4 Å². The van der Waals surface area contributed by atoms with Gasteiger partial charge in [-0.3, -0.25) is 14.4 Å². The molecule has 0 aliphatic rings. The highest BCUT2D eigenvalue weighted by molar-refractivity contribution is 5.81. The van der Waals surface area contributed by atoms with Crippen molar-refractivity contribution < 1.29 is 14.4 Å². The summed E-state index contributed by atoms with van der Waals surface area (Å²) in [6.07, 6.45) is 4.22. The predicted octanol–water partition coefficient (Wildman–Crippen LogP) is 0.353. The molecule has 0 aromatic rings. The van der Waals surface area contributed by atoms with Crippen molar-refractivity contribution in [2.75, 3.05) is 19.6 Å². The molecule has 2 amide bonds. The molecule has 0 radical (unpaired) electrons. The Balaban J connectivity index is 3.87. The summed E-state index contributed by atoms with van der Waals surface area (Å²) in [5, 5.41) is 5.26. The van der Waals surface area contributed by atoms with Gasteiger partial charge in [-0.1, -0.05) is 26.2 Å². The minimum atomic E-state index is -0.279. The van der Waals surface area contributed by atoms with Gasteiger partial charge in [0, 0.05) is 25.4 Å². The van der Waals surface area contributed by atoms with Crippen molar-refractivity contribution in [2.45, 2.75) is 46.0 Å². The molecule has 6 nitrogen and oxygen atoms in total. The Labute approximate surface area is 120 Å². The van der Waals surface area contributed by atoms with Gasteiger partial charge in [-0.2, -0.15) is 0 Å². The molecule has 0 heterocycles. The first-order chi connectivity index (χ1) is 9.51. The molecular formula is C14H27N3O3. The van der Waals surface area contributed by atoms with Gasteiger partial charge >= 0.3 is 0 Å². The largest absolute Gasteiger partial charge is 0.355 e. The molecule has 6 heteroatoms. The molecule has 1 atom stereocenters. The van der Waals surface area contributed by atoms with Gasteiger partial charge in [0.15, 0.2) is 0 Å². The van der Waals surface area contributed by atoms with E-state index in [1.54, 1.807) is 6.92 Å². The summed E-state index contributed by atoms with van der Waals surface area (Å²) >= 11 is 0. The monoisotopic (exact) mass is 285 g/mol. The zero-order valence-corrected chi connectivity index (χ0v) is 12.5. The lowest BCUT2D eigenvalue weighted by Crippen LogP contribution is -2.36. The highest BCUT2D eigenvalue weighted by Gasteiger charge is 2.14. The molecule has 0 rings (SSSR count). The normalized spacial score (nSPS) is 11.8. The van der Waals surface area contributed by atoms with Crippen LogP contribution < -0.4 is 16.4 Å². The van der Waals surface area contributed by atoms with Crippen molar-refractivity contribution in [3.63, 3.8) is 0 Å². The number of nitrogens with one attached hydrogen (secondary N) is 2. The molecule has 20 heavy (non-hydrogen) atoms. The molecule has 0 aliphatic carbocycles. The predicted molar refractivity (Wildman–Crippen MR) is 78.0 cm³/mol. The molecular weight excluding hydrogens is 258 g/mol. The average molecular weight is 285 g/mol. The second-order valence-electron chi connectivity index (χ2n) is 4.91. The van der Waals surface area contributed by atoms with E-state index in [1.807, 2.05) is 0 Å². The highest BCUT2D eigenvalue weighted by atomic mass is 16.2. The van der Waals surface area contributed by atoms with E-state index in [4.69, 9.17) is 5.73 Å². The number of carbonyl (C=O) groups is 3. The van der Waals surface area contributed by atoms with Crippen molar-refractivity contribution in [1.29, 1.82) is 0 Å². The minimum Gasteiger partial charge on any atom is -0.355 e. The van der Waals surface area contributed by atoms with Crippen LogP contribution in [0.15, 0.2) is 0 Å². The average Bonchev–Trinajstić information content (AvgIpc) is 2.41. The van der Waals surface area contributed by atoms with Crippen LogP contribution >= 0.6 is 0 Å². The van der Waals surface area contributed by atoms with Crippen LogP contribution in [0, 0.1) is 5.92 Å². The first-order valence-corrected chi connectivity index (χ1v) is 7.25. The summed E-state index contributed by atoms with van der Waals surface area (Å²) in [4.78, 5) is 33.9. The third kappa shape index (κ3) is 9.49. The maximum absolute atomic E-state index is 11.6. The van der Waals surface area contributed by atoms with Crippen LogP contribution in [-0.4, -0.2) is 37.2 Å². The van der Waals surface area contributed by atoms with E-state index in [2.05, 4.69) is 17.6 Å². The van der Waals surface area contributed by atoms with Gasteiger partial charge in [0.25, 0.3) is 0 Å². The van der Waals surface area contributed by atoms with Crippen LogP contribution in [0.25, 0.3) is 0 Å². The fourth-order valence-corrected chi connectivity index (χ4v) is 1.80. The molecule has 116 valence electrons. The van der Waals surface area contributed by atoms with Crippen LogP contribution in [0.2, 0.25) is 0 Å². The summed E-state index contributed by atoms with van der Waals surface area (Å²) in [7, 11) is 0. The van der Waals surface area contributed by atoms with Gasteiger partial charge in [-0.15, -0.1) is 0 Å². The molecule has 1 unspecified atom stereocenters. The lowest BCUT2D eigenvalue weighted by Gasteiger charge is -2.14. The summed E-state index contributed by atoms with van der Waals surface area (Å²) in [6, 6.07) is 0. The van der Waals surface area contributed by atoms with E-state index in [1.165, 1.54) is 0 Å². The number of ketones is 1. The van der Waals surface area contributed by atoms with Gasteiger partial charge in [0.1, 0.15) is 5.78 Å². The van der Waals surface area contributed by atoms with Crippen molar-refractivity contribution in [3.8, 4) is 0 Å². The number of carbonyl (C=O) groups excluding carboxylic acids is 3. The standard InChI is InChI=1S/C14H27N3O3/c1-3-4-5-6-12(11(2)18)10-17-13(19)7-8-16-14(20)9-15/h12H,3-10,15H2,1-2H3,(H,16,20)(H,17,19). The number of rotatable bonds is 11. The number of amides is 2. The van der Waals surface area contributed by atoms with Crippen molar-refractivity contribution in [3.05, 3.63) is 0 Å². The molecule has 0 saturated heterocycles. The van der Waals surface area contributed by atoms with E-state index in [9.17, 15) is 14.4 Å². The summed E-state index contributed by atoms with van der Waals surface area (Å²) in [5.74, 6) is -0.440. The molecule has 0 spiro atoms. The smallest absolute Gasteiger partial charge is 0.233 e. The lowest BCUT2D eigenvalue weighted by molar-refractivity contribution is -0.123. The number of hydrogen-bond acceptors (Lipinski definition) is 4. The molecule has 4 N–H and O–H groups in total. The fourth-order valence-electron chi connectivity index (χ4n) is 1.80. The number of nitrogens with two attached hydrogens (primary N) is 1. The Kier molecular flexibility index (Phi) is 10.6. The molecule has 0 aromatic carbocycles. The minimum absolute atomic E-state index is 0.0779. The van der Waals surface area contributed by atoms with Crippen LogP contribution in [0.5, 0.6) is 0 Å². The zero-order valence-electron chi connectivity index (χ0n) is 12.5. The maximum Gasteiger partial charge on any atom is 0.233 e. The van der Waals surface area contributed by atoms with Crippen molar-refractivity contribution >= 4 is 17.6 Å². The second kappa shape index (κ2) is 11.4. The Morgan fingerprint density at radius 1 is 1.10 bits per heavy atom. The van der Waals surface area contributed by atoms with Gasteiger partial charge in [-0.25, -0.2) is 0 Å². The fraction of sp³-hybridized carbons (Fsp3) is 0.786. The molecule has 0 saturated carbocycles. The van der Waals surface area contributed by atoms with Crippen LogP contribution in [0.4, 0.5) is 0 Å². The van der Waals surface area contributed by atoms with E-state index < -0.39 is 0 Å². The van der Waals surface area contributed by atoms with Crippen molar-refractivity contribution in [1.82, 2.24) is 10.6 Å². The summed E-state index contributed by atoms with van der Waals surface area (Å²) in [6.45, 7) is 4.24. The van der Waals surface area contributed by atoms with Gasteiger partial charge in [0.2, 0.25) is 11.8 Å². The van der Waals surface area contributed by atoms with Gasteiger partial charge in [0.05, 0.1) is 6.54 Å². The van der Waals surface area contributed by atoms with Gasteiger partial charge in [-0.05, 0) is 13.3 Å². The number of hydrogen-bond donors (Lipinski definition) is 3.